The highest BCUT2D eigenvalue weighted by molar-refractivity contribution is 6.12. The molecule has 1 fully saturated rings. The highest BCUT2D eigenvalue weighted by Gasteiger charge is 2.24. The SMILES string of the molecule is CC1CCN(C(=O)CCOCCOCCOCCOCCn2cc(CN3C(=O)C=CC3=O)nn2)C1. The molecule has 0 aliphatic carbocycles. The second kappa shape index (κ2) is 14.7. The van der Waals surface area contributed by atoms with Gasteiger partial charge in [0.15, 0.2) is 0 Å². The van der Waals surface area contributed by atoms with Crippen LogP contribution in [0, 0.1) is 5.92 Å². The maximum absolute atomic E-state index is 12.0. The van der Waals surface area contributed by atoms with Gasteiger partial charge in [-0.15, -0.1) is 5.10 Å². The number of hydrogen-bond acceptors (Lipinski definition) is 9. The maximum atomic E-state index is 12.0. The molecule has 1 saturated heterocycles. The van der Waals surface area contributed by atoms with E-state index in [1.807, 2.05) is 4.90 Å². The number of amides is 3. The number of ether oxygens (including phenoxy) is 4. The molecule has 2 aliphatic rings. The van der Waals surface area contributed by atoms with Crippen molar-refractivity contribution in [3.8, 4) is 0 Å². The Labute approximate surface area is 205 Å². The lowest BCUT2D eigenvalue weighted by Crippen LogP contribution is -2.29. The summed E-state index contributed by atoms with van der Waals surface area (Å²) in [6.45, 7) is 8.09. The van der Waals surface area contributed by atoms with E-state index in [1.54, 1.807) is 10.9 Å². The van der Waals surface area contributed by atoms with E-state index in [0.29, 0.717) is 77.4 Å². The Bertz CT molecular complexity index is 841. The minimum Gasteiger partial charge on any atom is -0.379 e. The molecule has 194 valence electrons. The lowest BCUT2D eigenvalue weighted by molar-refractivity contribution is -0.137. The van der Waals surface area contributed by atoms with Gasteiger partial charge in [-0.05, 0) is 12.3 Å². The summed E-state index contributed by atoms with van der Waals surface area (Å²) in [4.78, 5) is 38.2. The molecule has 1 aromatic heterocycles. The Hall–Kier alpha value is -2.67. The number of likely N-dealkylation sites (tertiary alicyclic amines) is 1. The summed E-state index contributed by atoms with van der Waals surface area (Å²) in [5.74, 6) is 0.0786. The highest BCUT2D eigenvalue weighted by Crippen LogP contribution is 2.15. The van der Waals surface area contributed by atoms with Crippen molar-refractivity contribution in [3.05, 3.63) is 24.0 Å². The van der Waals surface area contributed by atoms with Gasteiger partial charge in [0, 0.05) is 25.2 Å². The van der Waals surface area contributed by atoms with E-state index in [2.05, 4.69) is 17.2 Å². The van der Waals surface area contributed by atoms with Crippen molar-refractivity contribution >= 4 is 17.7 Å². The van der Waals surface area contributed by atoms with E-state index in [0.717, 1.165) is 24.4 Å². The van der Waals surface area contributed by atoms with Gasteiger partial charge in [0.1, 0.15) is 5.69 Å². The lowest BCUT2D eigenvalue weighted by Gasteiger charge is -2.15. The average molecular weight is 494 g/mol. The lowest BCUT2D eigenvalue weighted by atomic mass is 10.2. The van der Waals surface area contributed by atoms with Crippen LogP contribution < -0.4 is 0 Å². The van der Waals surface area contributed by atoms with Gasteiger partial charge in [-0.3, -0.25) is 19.3 Å². The third kappa shape index (κ3) is 9.48. The number of carbonyl (C=O) groups excluding carboxylic acids is 3. The predicted octanol–water partition coefficient (Wildman–Crippen LogP) is 0.0280. The predicted molar refractivity (Wildman–Crippen MR) is 123 cm³/mol. The Kier molecular flexibility index (Phi) is 11.3. The van der Waals surface area contributed by atoms with Gasteiger partial charge in [0.25, 0.3) is 11.8 Å². The molecule has 0 saturated carbocycles. The highest BCUT2D eigenvalue weighted by atomic mass is 16.6. The van der Waals surface area contributed by atoms with E-state index in [-0.39, 0.29) is 24.3 Å². The van der Waals surface area contributed by atoms with Crippen molar-refractivity contribution in [1.82, 2.24) is 24.8 Å². The van der Waals surface area contributed by atoms with Crippen LogP contribution in [-0.4, -0.2) is 108 Å². The number of imide groups is 1. The number of aromatic nitrogens is 3. The quantitative estimate of drug-likeness (QED) is 0.218. The molecular formula is C23H35N5O7. The van der Waals surface area contributed by atoms with Gasteiger partial charge in [0.2, 0.25) is 5.91 Å². The standard InChI is InChI=1S/C23H35N5O7/c1-19-4-6-26(16-19)21(29)5-8-32-10-12-34-14-15-35-13-11-33-9-7-27-17-20(24-25-27)18-28-22(30)2-3-23(28)31/h2-3,17,19H,4-16,18H2,1H3. The van der Waals surface area contributed by atoms with Gasteiger partial charge in [-0.25, -0.2) is 4.68 Å². The van der Waals surface area contributed by atoms with Gasteiger partial charge in [-0.2, -0.15) is 0 Å². The van der Waals surface area contributed by atoms with Crippen LogP contribution in [0.3, 0.4) is 0 Å². The molecule has 0 aromatic carbocycles. The summed E-state index contributed by atoms with van der Waals surface area (Å²) in [6.07, 6.45) is 5.68. The third-order valence-electron chi connectivity index (χ3n) is 5.62. The molecule has 3 heterocycles. The second-order valence-electron chi connectivity index (χ2n) is 8.50. The fraction of sp³-hybridized carbons (Fsp3) is 0.696. The van der Waals surface area contributed by atoms with E-state index in [4.69, 9.17) is 18.9 Å². The molecule has 1 aromatic rings. The zero-order chi connectivity index (χ0) is 24.9. The summed E-state index contributed by atoms with van der Waals surface area (Å²) in [7, 11) is 0. The minimum absolute atomic E-state index is 0.103. The zero-order valence-electron chi connectivity index (χ0n) is 20.3. The maximum Gasteiger partial charge on any atom is 0.253 e. The molecule has 3 rings (SSSR count). The first-order chi connectivity index (χ1) is 17.0. The molecular weight excluding hydrogens is 458 g/mol. The van der Waals surface area contributed by atoms with Crippen LogP contribution in [-0.2, 0) is 46.4 Å². The van der Waals surface area contributed by atoms with E-state index in [9.17, 15) is 14.4 Å². The van der Waals surface area contributed by atoms with Gasteiger partial charge in [0.05, 0.1) is 78.6 Å². The molecule has 0 N–H and O–H groups in total. The zero-order valence-corrected chi connectivity index (χ0v) is 20.3. The van der Waals surface area contributed by atoms with Crippen molar-refractivity contribution in [2.75, 3.05) is 65.9 Å². The molecule has 0 spiro atoms. The summed E-state index contributed by atoms with van der Waals surface area (Å²) in [5, 5.41) is 7.95. The van der Waals surface area contributed by atoms with Crippen molar-refractivity contribution in [3.63, 3.8) is 0 Å². The molecule has 0 radical (unpaired) electrons. The largest absolute Gasteiger partial charge is 0.379 e. The summed E-state index contributed by atoms with van der Waals surface area (Å²) < 4.78 is 23.5. The summed E-state index contributed by atoms with van der Waals surface area (Å²) >= 11 is 0. The average Bonchev–Trinajstić information content (AvgIpc) is 3.56. The number of nitrogens with zero attached hydrogens (tertiary/aromatic N) is 5. The Balaban J connectivity index is 1.08. The van der Waals surface area contributed by atoms with Crippen molar-refractivity contribution < 1.29 is 33.3 Å². The molecule has 2 aliphatic heterocycles. The molecule has 12 nitrogen and oxygen atoms in total. The first-order valence-corrected chi connectivity index (χ1v) is 12.0. The molecule has 12 heteroatoms. The van der Waals surface area contributed by atoms with Gasteiger partial charge in [-0.1, -0.05) is 12.1 Å². The van der Waals surface area contributed by atoms with E-state index >= 15 is 0 Å². The fourth-order valence-electron chi connectivity index (χ4n) is 3.67. The van der Waals surface area contributed by atoms with Gasteiger partial charge >= 0.3 is 0 Å². The molecule has 35 heavy (non-hydrogen) atoms. The van der Waals surface area contributed by atoms with Crippen LogP contribution >= 0.6 is 0 Å². The molecule has 1 atom stereocenters. The normalized spacial score (nSPS) is 17.8. The Morgan fingerprint density at radius 1 is 0.943 bits per heavy atom. The topological polar surface area (TPSA) is 125 Å². The van der Waals surface area contributed by atoms with Crippen molar-refractivity contribution in [1.29, 1.82) is 0 Å². The van der Waals surface area contributed by atoms with Crippen molar-refractivity contribution in [2.24, 2.45) is 5.92 Å². The smallest absolute Gasteiger partial charge is 0.253 e. The first-order valence-electron chi connectivity index (χ1n) is 12.0. The minimum atomic E-state index is -0.345. The van der Waals surface area contributed by atoms with Crippen LogP contribution in [0.5, 0.6) is 0 Å². The van der Waals surface area contributed by atoms with Crippen molar-refractivity contribution in [2.45, 2.75) is 32.9 Å². The second-order valence-corrected chi connectivity index (χ2v) is 8.50. The van der Waals surface area contributed by atoms with Crippen LogP contribution in [0.25, 0.3) is 0 Å². The summed E-state index contributed by atoms with van der Waals surface area (Å²) in [6, 6.07) is 0. The number of carbonyl (C=O) groups is 3. The Morgan fingerprint density at radius 3 is 2.14 bits per heavy atom. The van der Waals surface area contributed by atoms with E-state index < -0.39 is 0 Å². The Morgan fingerprint density at radius 2 is 1.54 bits per heavy atom. The monoisotopic (exact) mass is 493 g/mol. The van der Waals surface area contributed by atoms with Crippen LogP contribution in [0.4, 0.5) is 0 Å². The molecule has 1 unspecified atom stereocenters. The number of hydrogen-bond donors (Lipinski definition) is 0. The summed E-state index contributed by atoms with van der Waals surface area (Å²) in [5.41, 5.74) is 0.536. The first kappa shape index (κ1) is 26.9. The number of rotatable bonds is 17. The third-order valence-corrected chi connectivity index (χ3v) is 5.62. The van der Waals surface area contributed by atoms with Crippen LogP contribution in [0.2, 0.25) is 0 Å². The fourth-order valence-corrected chi connectivity index (χ4v) is 3.67. The van der Waals surface area contributed by atoms with E-state index in [1.165, 1.54) is 12.2 Å². The van der Waals surface area contributed by atoms with Gasteiger partial charge < -0.3 is 23.8 Å². The van der Waals surface area contributed by atoms with Crippen LogP contribution in [0.1, 0.15) is 25.5 Å². The van der Waals surface area contributed by atoms with Crippen LogP contribution in [0.15, 0.2) is 18.3 Å². The molecule has 0 bridgehead atoms. The molecule has 3 amide bonds.